The molecule has 2 aromatic carbocycles. The molecule has 1 fully saturated rings. The van der Waals surface area contributed by atoms with Crippen molar-refractivity contribution in [1.29, 1.82) is 0 Å². The zero-order valence-electron chi connectivity index (χ0n) is 17.6. The molecule has 4 heteroatoms. The van der Waals surface area contributed by atoms with Gasteiger partial charge in [-0.2, -0.15) is 0 Å². The highest BCUT2D eigenvalue weighted by Crippen LogP contribution is 2.19. The molecule has 29 heavy (non-hydrogen) atoms. The van der Waals surface area contributed by atoms with Crippen LogP contribution in [-0.4, -0.2) is 40.7 Å². The van der Waals surface area contributed by atoms with Crippen molar-refractivity contribution in [2.24, 2.45) is 0 Å². The molecule has 0 unspecified atom stereocenters. The van der Waals surface area contributed by atoms with Gasteiger partial charge in [-0.1, -0.05) is 37.1 Å². The summed E-state index contributed by atoms with van der Waals surface area (Å²) in [4.78, 5) is 7.58. The summed E-state index contributed by atoms with van der Waals surface area (Å²) in [5, 5.41) is 0. The van der Waals surface area contributed by atoms with Crippen molar-refractivity contribution in [3.8, 4) is 5.75 Å². The van der Waals surface area contributed by atoms with Crippen molar-refractivity contribution >= 4 is 11.0 Å². The van der Waals surface area contributed by atoms with E-state index in [2.05, 4.69) is 52.8 Å². The number of nitrogens with zero attached hydrogens (tertiary/aromatic N) is 3. The lowest BCUT2D eigenvalue weighted by atomic mass is 10.2. The number of ether oxygens (including phenoxy) is 1. The number of para-hydroxylation sites is 2. The molecule has 0 aliphatic carbocycles. The van der Waals surface area contributed by atoms with Gasteiger partial charge in [0.15, 0.2) is 0 Å². The second kappa shape index (κ2) is 9.93. The van der Waals surface area contributed by atoms with Crippen LogP contribution in [0.1, 0.15) is 43.5 Å². The zero-order chi connectivity index (χ0) is 19.9. The van der Waals surface area contributed by atoms with Crippen LogP contribution < -0.4 is 4.74 Å². The van der Waals surface area contributed by atoms with E-state index in [4.69, 9.17) is 9.72 Å². The molecule has 0 radical (unpaired) electrons. The molecule has 0 bridgehead atoms. The summed E-state index contributed by atoms with van der Waals surface area (Å²) in [6, 6.07) is 16.7. The van der Waals surface area contributed by atoms with Crippen molar-refractivity contribution in [2.75, 3.05) is 26.2 Å². The van der Waals surface area contributed by atoms with Crippen LogP contribution in [0.2, 0.25) is 0 Å². The molecule has 4 rings (SSSR count). The minimum Gasteiger partial charge on any atom is -0.492 e. The largest absolute Gasteiger partial charge is 0.492 e. The monoisotopic (exact) mass is 391 g/mol. The maximum absolute atomic E-state index is 6.02. The predicted octanol–water partition coefficient (Wildman–Crippen LogP) is 5.23. The van der Waals surface area contributed by atoms with Crippen LogP contribution in [0.15, 0.2) is 48.5 Å². The molecule has 0 N–H and O–H groups in total. The molecule has 154 valence electrons. The fourth-order valence-corrected chi connectivity index (χ4v) is 4.35. The SMILES string of the molecule is Cc1cccc(OCCn2c(CCCN3CCCCCC3)nc3ccccc32)c1. The Hall–Kier alpha value is -2.33. The Morgan fingerprint density at radius 2 is 1.76 bits per heavy atom. The van der Waals surface area contributed by atoms with Crippen molar-refractivity contribution in [1.82, 2.24) is 14.5 Å². The van der Waals surface area contributed by atoms with Gasteiger partial charge in [0.05, 0.1) is 17.6 Å². The number of hydrogen-bond donors (Lipinski definition) is 0. The van der Waals surface area contributed by atoms with Crippen molar-refractivity contribution in [3.05, 3.63) is 59.9 Å². The van der Waals surface area contributed by atoms with Crippen LogP contribution in [-0.2, 0) is 13.0 Å². The first kappa shape index (κ1) is 20.0. The van der Waals surface area contributed by atoms with Crippen LogP contribution in [0.5, 0.6) is 5.75 Å². The normalized spacial score (nSPS) is 15.5. The Bertz CT molecular complexity index is 909. The number of hydrogen-bond acceptors (Lipinski definition) is 3. The number of rotatable bonds is 8. The van der Waals surface area contributed by atoms with Crippen LogP contribution in [0.3, 0.4) is 0 Å². The van der Waals surface area contributed by atoms with Crippen LogP contribution in [0.25, 0.3) is 11.0 Å². The molecular weight excluding hydrogens is 358 g/mol. The van der Waals surface area contributed by atoms with Gasteiger partial charge in [0.1, 0.15) is 18.2 Å². The summed E-state index contributed by atoms with van der Waals surface area (Å²) >= 11 is 0. The average molecular weight is 392 g/mol. The maximum Gasteiger partial charge on any atom is 0.119 e. The van der Waals surface area contributed by atoms with Gasteiger partial charge in [-0.05, 0) is 75.6 Å². The molecule has 0 spiro atoms. The van der Waals surface area contributed by atoms with Gasteiger partial charge < -0.3 is 14.2 Å². The molecule has 1 aromatic heterocycles. The maximum atomic E-state index is 6.02. The third-order valence-electron chi connectivity index (χ3n) is 5.88. The molecule has 4 nitrogen and oxygen atoms in total. The second-order valence-electron chi connectivity index (χ2n) is 8.19. The van der Waals surface area contributed by atoms with Gasteiger partial charge in [0.25, 0.3) is 0 Å². The minimum atomic E-state index is 0.656. The summed E-state index contributed by atoms with van der Waals surface area (Å²) in [5.74, 6) is 2.13. The topological polar surface area (TPSA) is 30.3 Å². The first-order valence-electron chi connectivity index (χ1n) is 11.2. The number of benzene rings is 2. The summed E-state index contributed by atoms with van der Waals surface area (Å²) in [6.45, 7) is 7.29. The Morgan fingerprint density at radius 3 is 2.59 bits per heavy atom. The predicted molar refractivity (Wildman–Crippen MR) is 120 cm³/mol. The van der Waals surface area contributed by atoms with E-state index in [1.54, 1.807) is 0 Å². The number of aromatic nitrogens is 2. The number of imidazole rings is 1. The van der Waals surface area contributed by atoms with Gasteiger partial charge in [-0.15, -0.1) is 0 Å². The van der Waals surface area contributed by atoms with E-state index in [1.807, 2.05) is 12.1 Å². The molecule has 0 amide bonds. The zero-order valence-corrected chi connectivity index (χ0v) is 17.6. The quantitative estimate of drug-likeness (QED) is 0.526. The molecule has 0 atom stereocenters. The van der Waals surface area contributed by atoms with Crippen molar-refractivity contribution in [2.45, 2.75) is 52.0 Å². The second-order valence-corrected chi connectivity index (χ2v) is 8.19. The number of fused-ring (bicyclic) bond motifs is 1. The lowest BCUT2D eigenvalue weighted by Gasteiger charge is -2.19. The Kier molecular flexibility index (Phi) is 6.83. The first-order valence-corrected chi connectivity index (χ1v) is 11.2. The van der Waals surface area contributed by atoms with E-state index in [1.165, 1.54) is 68.6 Å². The minimum absolute atomic E-state index is 0.656. The Morgan fingerprint density at radius 1 is 0.931 bits per heavy atom. The van der Waals surface area contributed by atoms with Crippen LogP contribution in [0.4, 0.5) is 0 Å². The standard InChI is InChI=1S/C25H33N3O/c1-21-10-8-11-22(20-21)29-19-18-28-24-13-5-4-12-23(24)26-25(28)14-9-17-27-15-6-2-3-7-16-27/h4-5,8,10-13,20H,2-3,6-7,9,14-19H2,1H3. The molecule has 3 aromatic rings. The van der Waals surface area contributed by atoms with Gasteiger partial charge in [0, 0.05) is 6.42 Å². The van der Waals surface area contributed by atoms with Gasteiger partial charge >= 0.3 is 0 Å². The van der Waals surface area contributed by atoms with E-state index >= 15 is 0 Å². The lowest BCUT2D eigenvalue weighted by molar-refractivity contribution is 0.278. The van der Waals surface area contributed by atoms with Crippen molar-refractivity contribution in [3.63, 3.8) is 0 Å². The highest BCUT2D eigenvalue weighted by Gasteiger charge is 2.13. The summed E-state index contributed by atoms with van der Waals surface area (Å²) < 4.78 is 8.38. The molecule has 1 aliphatic rings. The highest BCUT2D eigenvalue weighted by molar-refractivity contribution is 5.75. The third kappa shape index (κ3) is 5.39. The van der Waals surface area contributed by atoms with E-state index < -0.39 is 0 Å². The number of likely N-dealkylation sites (tertiary alicyclic amines) is 1. The summed E-state index contributed by atoms with van der Waals surface area (Å²) in [6.07, 6.45) is 7.70. The van der Waals surface area contributed by atoms with Gasteiger partial charge in [-0.25, -0.2) is 4.98 Å². The van der Waals surface area contributed by atoms with E-state index in [-0.39, 0.29) is 0 Å². The molecule has 0 saturated carbocycles. The van der Waals surface area contributed by atoms with Gasteiger partial charge in [-0.3, -0.25) is 0 Å². The van der Waals surface area contributed by atoms with E-state index in [9.17, 15) is 0 Å². The van der Waals surface area contributed by atoms with E-state index in [0.29, 0.717) is 6.61 Å². The number of aryl methyl sites for hydroxylation is 2. The molecule has 2 heterocycles. The third-order valence-corrected chi connectivity index (χ3v) is 5.88. The van der Waals surface area contributed by atoms with Crippen LogP contribution in [0, 0.1) is 6.92 Å². The summed E-state index contributed by atoms with van der Waals surface area (Å²) in [5.41, 5.74) is 3.53. The fraction of sp³-hybridized carbons (Fsp3) is 0.480. The lowest BCUT2D eigenvalue weighted by Crippen LogP contribution is -2.26. The highest BCUT2D eigenvalue weighted by atomic mass is 16.5. The van der Waals surface area contributed by atoms with Crippen LogP contribution >= 0.6 is 0 Å². The Labute approximate surface area is 174 Å². The molecule has 1 aliphatic heterocycles. The average Bonchev–Trinajstić information content (AvgIpc) is 2.88. The first-order chi connectivity index (χ1) is 14.3. The Balaban J connectivity index is 1.39. The van der Waals surface area contributed by atoms with E-state index in [0.717, 1.165) is 24.2 Å². The van der Waals surface area contributed by atoms with Gasteiger partial charge in [0.2, 0.25) is 0 Å². The molecule has 1 saturated heterocycles. The molecular formula is C25H33N3O. The van der Waals surface area contributed by atoms with Crippen molar-refractivity contribution < 1.29 is 4.74 Å². The summed E-state index contributed by atoms with van der Waals surface area (Å²) in [7, 11) is 0. The smallest absolute Gasteiger partial charge is 0.119 e. The fourth-order valence-electron chi connectivity index (χ4n) is 4.35.